The summed E-state index contributed by atoms with van der Waals surface area (Å²) in [6.07, 6.45) is 2.93. The summed E-state index contributed by atoms with van der Waals surface area (Å²) in [6.45, 7) is 2.11. The van der Waals surface area contributed by atoms with Crippen molar-refractivity contribution in [3.8, 4) is 11.5 Å². The minimum Gasteiger partial charge on any atom is -0.497 e. The average Bonchev–Trinajstić information content (AvgIpc) is 3.44. The second-order valence-electron chi connectivity index (χ2n) is 7.49. The van der Waals surface area contributed by atoms with E-state index in [0.29, 0.717) is 32.0 Å². The predicted octanol–water partition coefficient (Wildman–Crippen LogP) is 3.98. The molecule has 0 bridgehead atoms. The number of nitrogens with zero attached hydrogens (tertiary/aromatic N) is 2. The molecule has 166 valence electrons. The first-order valence-electron chi connectivity index (χ1n) is 10.2. The van der Waals surface area contributed by atoms with Gasteiger partial charge in [-0.15, -0.1) is 23.1 Å². The highest BCUT2D eigenvalue weighted by atomic mass is 32.2. The Bertz CT molecular complexity index is 909. The molecule has 4 rings (SSSR count). The van der Waals surface area contributed by atoms with E-state index in [1.54, 1.807) is 23.8 Å². The van der Waals surface area contributed by atoms with Gasteiger partial charge >= 0.3 is 6.09 Å². The number of thiophene rings is 1. The molecule has 2 amide bonds. The highest BCUT2D eigenvalue weighted by Gasteiger charge is 2.38. The molecule has 0 radical (unpaired) electrons. The maximum Gasteiger partial charge on any atom is 0.410 e. The number of thioether (sulfide) groups is 1. The van der Waals surface area contributed by atoms with Crippen LogP contribution in [0, 0.1) is 0 Å². The Hall–Kier alpha value is -2.39. The molecule has 1 atom stereocenters. The van der Waals surface area contributed by atoms with E-state index in [-0.39, 0.29) is 24.1 Å². The van der Waals surface area contributed by atoms with Crippen LogP contribution in [0.2, 0.25) is 0 Å². The molecule has 31 heavy (non-hydrogen) atoms. The topological polar surface area (TPSA) is 68.3 Å². The Balaban J connectivity index is 1.25. The third-order valence-electron chi connectivity index (χ3n) is 5.58. The van der Waals surface area contributed by atoms with Crippen molar-refractivity contribution in [2.45, 2.75) is 29.2 Å². The lowest BCUT2D eigenvalue weighted by Gasteiger charge is -2.35. The number of likely N-dealkylation sites (tertiary alicyclic amines) is 1. The van der Waals surface area contributed by atoms with Gasteiger partial charge in [0.05, 0.1) is 22.7 Å². The third kappa shape index (κ3) is 5.10. The van der Waals surface area contributed by atoms with Gasteiger partial charge in [-0.25, -0.2) is 4.79 Å². The molecular weight excluding hydrogens is 436 g/mol. The first-order chi connectivity index (χ1) is 15.1. The normalized spacial score (nSPS) is 19.4. The smallest absolute Gasteiger partial charge is 0.410 e. The van der Waals surface area contributed by atoms with Crippen molar-refractivity contribution >= 4 is 35.1 Å². The van der Waals surface area contributed by atoms with Crippen molar-refractivity contribution < 1.29 is 23.8 Å². The van der Waals surface area contributed by atoms with Gasteiger partial charge in [0, 0.05) is 19.1 Å². The zero-order valence-corrected chi connectivity index (χ0v) is 19.2. The molecule has 7 nitrogen and oxygen atoms in total. The second-order valence-corrected chi connectivity index (χ2v) is 9.68. The summed E-state index contributed by atoms with van der Waals surface area (Å²) >= 11 is 3.18. The number of cyclic esters (lactones) is 1. The number of amides is 2. The Kier molecular flexibility index (Phi) is 6.92. The van der Waals surface area contributed by atoms with Gasteiger partial charge in [0.1, 0.15) is 18.1 Å². The third-order valence-corrected chi connectivity index (χ3v) is 7.74. The number of hydrogen-bond acceptors (Lipinski definition) is 7. The fourth-order valence-corrected chi connectivity index (χ4v) is 5.38. The van der Waals surface area contributed by atoms with Gasteiger partial charge in [0.25, 0.3) is 5.91 Å². The van der Waals surface area contributed by atoms with E-state index in [1.807, 2.05) is 47.6 Å². The average molecular weight is 463 g/mol. The van der Waals surface area contributed by atoms with Gasteiger partial charge in [0.2, 0.25) is 0 Å². The van der Waals surface area contributed by atoms with Gasteiger partial charge in [-0.1, -0.05) is 0 Å². The van der Waals surface area contributed by atoms with Gasteiger partial charge in [-0.05, 0) is 55.5 Å². The molecule has 9 heteroatoms. The fraction of sp³-hybridized carbons (Fsp3) is 0.455. The first-order valence-corrected chi connectivity index (χ1v) is 12.3. The van der Waals surface area contributed by atoms with Crippen molar-refractivity contribution in [2.75, 3.05) is 39.6 Å². The lowest BCUT2D eigenvalue weighted by Crippen LogP contribution is -2.47. The van der Waals surface area contributed by atoms with Crippen molar-refractivity contribution in [2.24, 2.45) is 0 Å². The summed E-state index contributed by atoms with van der Waals surface area (Å²) in [5.74, 6) is 1.55. The number of benzene rings is 1. The highest BCUT2D eigenvalue weighted by molar-refractivity contribution is 8.00. The maximum absolute atomic E-state index is 12.7. The van der Waals surface area contributed by atoms with Crippen LogP contribution in [0.1, 0.15) is 22.5 Å². The van der Waals surface area contributed by atoms with Gasteiger partial charge in [-0.3, -0.25) is 4.79 Å². The summed E-state index contributed by atoms with van der Waals surface area (Å²) < 4.78 is 17.6. The summed E-state index contributed by atoms with van der Waals surface area (Å²) in [5.41, 5.74) is 0. The molecule has 0 spiro atoms. The van der Waals surface area contributed by atoms with E-state index >= 15 is 0 Å². The standard InChI is InChI=1S/C22H26N2O5S2/c1-27-16-3-5-17(6-4-16)28-14-18-13-24(22(26)29-18)15-9-11-23(12-10-15)21(25)19-7-8-20(30-2)31-19/h3-8,15,18H,9-14H2,1-2H3. The van der Waals surface area contributed by atoms with Crippen LogP contribution in [0.5, 0.6) is 11.5 Å². The van der Waals surface area contributed by atoms with Crippen LogP contribution in [0.3, 0.4) is 0 Å². The Morgan fingerprint density at radius 1 is 1.16 bits per heavy atom. The summed E-state index contributed by atoms with van der Waals surface area (Å²) in [7, 11) is 1.62. The van der Waals surface area contributed by atoms with Crippen LogP contribution in [-0.4, -0.2) is 73.6 Å². The number of piperidine rings is 1. The molecule has 3 heterocycles. The quantitative estimate of drug-likeness (QED) is 0.580. The number of carbonyl (C=O) groups excluding carboxylic acids is 2. The lowest BCUT2D eigenvalue weighted by molar-refractivity contribution is 0.0663. The minimum atomic E-state index is -0.301. The summed E-state index contributed by atoms with van der Waals surface area (Å²) in [4.78, 5) is 29.6. The monoisotopic (exact) mass is 462 g/mol. The van der Waals surface area contributed by atoms with Crippen LogP contribution in [-0.2, 0) is 4.74 Å². The van der Waals surface area contributed by atoms with E-state index in [1.165, 1.54) is 11.3 Å². The minimum absolute atomic E-state index is 0.0820. The van der Waals surface area contributed by atoms with E-state index in [2.05, 4.69) is 0 Å². The molecule has 0 saturated carbocycles. The molecule has 2 aliphatic heterocycles. The molecule has 2 aromatic rings. The largest absolute Gasteiger partial charge is 0.497 e. The van der Waals surface area contributed by atoms with Gasteiger partial charge in [0.15, 0.2) is 6.10 Å². The van der Waals surface area contributed by atoms with E-state index < -0.39 is 0 Å². The zero-order chi connectivity index (χ0) is 21.8. The van der Waals surface area contributed by atoms with Crippen LogP contribution >= 0.6 is 23.1 Å². The molecule has 2 saturated heterocycles. The Morgan fingerprint density at radius 2 is 1.87 bits per heavy atom. The maximum atomic E-state index is 12.7. The van der Waals surface area contributed by atoms with Gasteiger partial charge < -0.3 is 24.0 Å². The molecule has 1 aromatic heterocycles. The number of carbonyl (C=O) groups is 2. The van der Waals surface area contributed by atoms with Crippen molar-refractivity contribution in [3.63, 3.8) is 0 Å². The molecular formula is C22H26N2O5S2. The summed E-state index contributed by atoms with van der Waals surface area (Å²) in [5, 5.41) is 0. The predicted molar refractivity (Wildman–Crippen MR) is 120 cm³/mol. The van der Waals surface area contributed by atoms with Crippen molar-refractivity contribution in [1.82, 2.24) is 9.80 Å². The second kappa shape index (κ2) is 9.82. The van der Waals surface area contributed by atoms with Crippen LogP contribution in [0.4, 0.5) is 4.79 Å². The molecule has 0 N–H and O–H groups in total. The van der Waals surface area contributed by atoms with Crippen LogP contribution in [0.15, 0.2) is 40.6 Å². The van der Waals surface area contributed by atoms with Crippen molar-refractivity contribution in [3.05, 3.63) is 41.3 Å². The van der Waals surface area contributed by atoms with E-state index in [9.17, 15) is 9.59 Å². The molecule has 1 unspecified atom stereocenters. The molecule has 2 fully saturated rings. The number of ether oxygens (including phenoxy) is 3. The lowest BCUT2D eigenvalue weighted by atomic mass is 10.0. The van der Waals surface area contributed by atoms with Gasteiger partial charge in [-0.2, -0.15) is 0 Å². The zero-order valence-electron chi connectivity index (χ0n) is 17.6. The van der Waals surface area contributed by atoms with E-state index in [0.717, 1.165) is 27.7 Å². The fourth-order valence-electron chi connectivity index (χ4n) is 3.87. The Morgan fingerprint density at radius 3 is 2.52 bits per heavy atom. The number of methoxy groups -OCH3 is 1. The van der Waals surface area contributed by atoms with Crippen LogP contribution in [0.25, 0.3) is 0 Å². The highest BCUT2D eigenvalue weighted by Crippen LogP contribution is 2.28. The SMILES string of the molecule is COc1ccc(OCC2CN(C3CCN(C(=O)c4ccc(SC)s4)CC3)C(=O)O2)cc1. The van der Waals surface area contributed by atoms with E-state index in [4.69, 9.17) is 14.2 Å². The molecule has 2 aliphatic rings. The molecule has 0 aliphatic carbocycles. The number of hydrogen-bond donors (Lipinski definition) is 0. The molecule has 1 aromatic carbocycles. The number of rotatable bonds is 7. The first kappa shape index (κ1) is 21.8. The Labute approximate surface area is 190 Å². The summed E-state index contributed by atoms with van der Waals surface area (Å²) in [6, 6.07) is 11.3. The van der Waals surface area contributed by atoms with Crippen molar-refractivity contribution in [1.29, 1.82) is 0 Å². The van der Waals surface area contributed by atoms with Crippen LogP contribution < -0.4 is 9.47 Å².